The molecule has 1 aromatic carbocycles. The zero-order chi connectivity index (χ0) is 16.2. The minimum Gasteiger partial charge on any atom is -0.490 e. The van der Waals surface area contributed by atoms with Crippen molar-refractivity contribution in [1.29, 1.82) is 0 Å². The van der Waals surface area contributed by atoms with Crippen LogP contribution in [0.1, 0.15) is 24.8 Å². The molecule has 0 fully saturated rings. The predicted octanol–water partition coefficient (Wildman–Crippen LogP) is 5.32. The molecule has 0 saturated carbocycles. The van der Waals surface area contributed by atoms with Gasteiger partial charge in [0.2, 0.25) is 0 Å². The molecular formula is C13H14Cl2F4O2. The summed E-state index contributed by atoms with van der Waals surface area (Å²) in [7, 11) is 0. The highest BCUT2D eigenvalue weighted by atomic mass is 35.5. The molecule has 8 heteroatoms. The third kappa shape index (κ3) is 4.07. The van der Waals surface area contributed by atoms with Crippen molar-refractivity contribution in [3.8, 4) is 11.5 Å². The molecular weight excluding hydrogens is 335 g/mol. The molecule has 0 saturated heterocycles. The van der Waals surface area contributed by atoms with Gasteiger partial charge in [-0.3, -0.25) is 0 Å². The van der Waals surface area contributed by atoms with E-state index in [1.165, 1.54) is 6.07 Å². The number of benzene rings is 1. The Kier molecular flexibility index (Phi) is 6.41. The molecule has 0 radical (unpaired) electrons. The average Bonchev–Trinajstić information content (AvgIpc) is 2.41. The molecule has 0 N–H and O–H groups in total. The van der Waals surface area contributed by atoms with Crippen LogP contribution in [0.5, 0.6) is 11.5 Å². The van der Waals surface area contributed by atoms with Crippen molar-refractivity contribution in [2.75, 3.05) is 13.2 Å². The molecule has 2 nitrogen and oxygen atoms in total. The predicted molar refractivity (Wildman–Crippen MR) is 73.3 cm³/mol. The van der Waals surface area contributed by atoms with Crippen molar-refractivity contribution < 1.29 is 27.0 Å². The molecule has 1 unspecified atom stereocenters. The Bertz CT molecular complexity index is 483. The molecule has 21 heavy (non-hydrogen) atoms. The third-order valence-corrected chi connectivity index (χ3v) is 3.42. The number of halogens is 6. The standard InChI is InChI=1S/C13H14Cl2F4O2/c1-3-20-9-5-7(8(14)6-10(9)21-4-2)11(15)13(18,19)12(16)17/h5-6,11-12H,3-4H2,1-2H3. The topological polar surface area (TPSA) is 18.5 Å². The fourth-order valence-corrected chi connectivity index (χ4v) is 2.19. The lowest BCUT2D eigenvalue weighted by atomic mass is 10.1. The van der Waals surface area contributed by atoms with Crippen LogP contribution in [0.2, 0.25) is 5.02 Å². The molecule has 0 aliphatic carbocycles. The van der Waals surface area contributed by atoms with E-state index in [4.69, 9.17) is 32.7 Å². The summed E-state index contributed by atoms with van der Waals surface area (Å²) >= 11 is 11.3. The van der Waals surface area contributed by atoms with Crippen molar-refractivity contribution in [2.45, 2.75) is 31.6 Å². The summed E-state index contributed by atoms with van der Waals surface area (Å²) in [5, 5.41) is -2.47. The first-order valence-corrected chi connectivity index (χ1v) is 6.96. The van der Waals surface area contributed by atoms with Gasteiger partial charge in [-0.05, 0) is 25.5 Å². The summed E-state index contributed by atoms with van der Waals surface area (Å²) in [6, 6.07) is 2.33. The van der Waals surface area contributed by atoms with Crippen LogP contribution in [0, 0.1) is 0 Å². The molecule has 1 atom stereocenters. The largest absolute Gasteiger partial charge is 0.490 e. The summed E-state index contributed by atoms with van der Waals surface area (Å²) in [6.07, 6.45) is -3.90. The van der Waals surface area contributed by atoms with Crippen LogP contribution in [0.15, 0.2) is 12.1 Å². The quantitative estimate of drug-likeness (QED) is 0.490. The highest BCUT2D eigenvalue weighted by molar-refractivity contribution is 6.33. The lowest BCUT2D eigenvalue weighted by Gasteiger charge is -2.23. The van der Waals surface area contributed by atoms with Crippen LogP contribution in [-0.2, 0) is 0 Å². The monoisotopic (exact) mass is 348 g/mol. The second-order valence-corrected chi connectivity index (χ2v) is 4.87. The van der Waals surface area contributed by atoms with E-state index in [-0.39, 0.29) is 28.7 Å². The fraction of sp³-hybridized carbons (Fsp3) is 0.538. The van der Waals surface area contributed by atoms with Gasteiger partial charge in [-0.2, -0.15) is 8.78 Å². The first kappa shape index (κ1) is 18.2. The molecule has 0 aromatic heterocycles. The normalized spacial score (nSPS) is 13.4. The zero-order valence-corrected chi connectivity index (χ0v) is 12.8. The van der Waals surface area contributed by atoms with Gasteiger partial charge in [-0.1, -0.05) is 11.6 Å². The van der Waals surface area contributed by atoms with Gasteiger partial charge in [-0.15, -0.1) is 11.6 Å². The molecule has 0 aliphatic heterocycles. The Morgan fingerprint density at radius 3 is 2.00 bits per heavy atom. The molecule has 1 aromatic rings. The van der Waals surface area contributed by atoms with Gasteiger partial charge < -0.3 is 9.47 Å². The second-order valence-electron chi connectivity index (χ2n) is 4.02. The first-order chi connectivity index (χ1) is 9.75. The average molecular weight is 349 g/mol. The number of ether oxygens (including phenoxy) is 2. The lowest BCUT2D eigenvalue weighted by molar-refractivity contribution is -0.130. The van der Waals surface area contributed by atoms with Gasteiger partial charge in [0.15, 0.2) is 11.5 Å². The van der Waals surface area contributed by atoms with Crippen LogP contribution in [0.3, 0.4) is 0 Å². The van der Waals surface area contributed by atoms with Gasteiger partial charge in [0, 0.05) is 11.1 Å². The van der Waals surface area contributed by atoms with Gasteiger partial charge in [0.05, 0.1) is 13.2 Å². The highest BCUT2D eigenvalue weighted by Gasteiger charge is 2.49. The Balaban J connectivity index is 3.27. The molecule has 1 rings (SSSR count). The summed E-state index contributed by atoms with van der Waals surface area (Å²) in [6.45, 7) is 3.93. The molecule has 0 bridgehead atoms. The van der Waals surface area contributed by atoms with Crippen LogP contribution in [0.25, 0.3) is 0 Å². The minimum atomic E-state index is -4.41. The minimum absolute atomic E-state index is 0.120. The van der Waals surface area contributed by atoms with Crippen molar-refractivity contribution in [2.24, 2.45) is 0 Å². The van der Waals surface area contributed by atoms with E-state index < -0.39 is 17.7 Å². The van der Waals surface area contributed by atoms with Gasteiger partial charge in [0.25, 0.3) is 0 Å². The van der Waals surface area contributed by atoms with E-state index in [1.807, 2.05) is 0 Å². The Labute approximate surface area is 129 Å². The van der Waals surface area contributed by atoms with Gasteiger partial charge in [-0.25, -0.2) is 8.78 Å². The van der Waals surface area contributed by atoms with E-state index in [1.54, 1.807) is 13.8 Å². The number of hydrogen-bond donors (Lipinski definition) is 0. The Morgan fingerprint density at radius 2 is 1.57 bits per heavy atom. The fourth-order valence-electron chi connectivity index (χ4n) is 1.60. The molecule has 0 heterocycles. The van der Waals surface area contributed by atoms with Crippen molar-refractivity contribution >= 4 is 23.2 Å². The van der Waals surface area contributed by atoms with E-state index in [2.05, 4.69) is 0 Å². The van der Waals surface area contributed by atoms with E-state index in [0.717, 1.165) is 6.07 Å². The zero-order valence-electron chi connectivity index (χ0n) is 11.3. The third-order valence-electron chi connectivity index (χ3n) is 2.56. The number of hydrogen-bond acceptors (Lipinski definition) is 2. The van der Waals surface area contributed by atoms with Crippen molar-refractivity contribution in [3.63, 3.8) is 0 Å². The van der Waals surface area contributed by atoms with E-state index >= 15 is 0 Å². The molecule has 120 valence electrons. The lowest BCUT2D eigenvalue weighted by Crippen LogP contribution is -2.31. The SMILES string of the molecule is CCOc1cc(Cl)c(C(Cl)C(F)(F)C(F)F)cc1OCC. The van der Waals surface area contributed by atoms with Gasteiger partial charge >= 0.3 is 12.3 Å². The molecule has 0 spiro atoms. The summed E-state index contributed by atoms with van der Waals surface area (Å²) < 4.78 is 62.0. The Hall–Kier alpha value is -0.880. The first-order valence-electron chi connectivity index (χ1n) is 6.14. The van der Waals surface area contributed by atoms with Crippen LogP contribution in [0.4, 0.5) is 17.6 Å². The Morgan fingerprint density at radius 1 is 1.10 bits per heavy atom. The summed E-state index contributed by atoms with van der Waals surface area (Å²) in [4.78, 5) is 0. The van der Waals surface area contributed by atoms with Crippen molar-refractivity contribution in [1.82, 2.24) is 0 Å². The van der Waals surface area contributed by atoms with Crippen LogP contribution < -0.4 is 9.47 Å². The smallest absolute Gasteiger partial charge is 0.327 e. The maximum Gasteiger partial charge on any atom is 0.327 e. The highest BCUT2D eigenvalue weighted by Crippen LogP contribution is 2.46. The van der Waals surface area contributed by atoms with Crippen LogP contribution >= 0.6 is 23.2 Å². The van der Waals surface area contributed by atoms with E-state index in [9.17, 15) is 17.6 Å². The maximum atomic E-state index is 13.4. The molecule has 0 aliphatic rings. The number of rotatable bonds is 7. The van der Waals surface area contributed by atoms with Crippen molar-refractivity contribution in [3.05, 3.63) is 22.7 Å². The summed E-state index contributed by atoms with van der Waals surface area (Å²) in [5.41, 5.74) is -0.337. The van der Waals surface area contributed by atoms with Crippen LogP contribution in [-0.4, -0.2) is 25.6 Å². The second kappa shape index (κ2) is 7.40. The maximum absolute atomic E-state index is 13.4. The number of alkyl halides is 5. The molecule has 0 amide bonds. The van der Waals surface area contributed by atoms with Gasteiger partial charge in [0.1, 0.15) is 5.38 Å². The summed E-state index contributed by atoms with van der Waals surface area (Å²) in [5.74, 6) is -4.06. The van der Waals surface area contributed by atoms with E-state index in [0.29, 0.717) is 6.61 Å².